The molecular formula is C46H55ClN9O9P. The lowest BCUT2D eigenvalue weighted by Gasteiger charge is -2.43. The summed E-state index contributed by atoms with van der Waals surface area (Å²) >= 11 is 6.49. The number of methoxy groups -OCH3 is 1. The van der Waals surface area contributed by atoms with Crippen LogP contribution in [0.3, 0.4) is 0 Å². The summed E-state index contributed by atoms with van der Waals surface area (Å²) in [6.07, 6.45) is 5.82. The molecule has 3 saturated heterocycles. The fraction of sp³-hybridized carbons (Fsp3) is 0.435. The Kier molecular flexibility index (Phi) is 14.7. The number of amides is 4. The van der Waals surface area contributed by atoms with Crippen molar-refractivity contribution in [2.24, 2.45) is 0 Å². The third-order valence-electron chi connectivity index (χ3n) is 12.7. The van der Waals surface area contributed by atoms with E-state index in [0.717, 1.165) is 50.3 Å². The van der Waals surface area contributed by atoms with Gasteiger partial charge in [-0.05, 0) is 68.5 Å². The first-order chi connectivity index (χ1) is 32.0. The molecule has 66 heavy (non-hydrogen) atoms. The zero-order valence-electron chi connectivity index (χ0n) is 37.3. The average molecular weight is 944 g/mol. The van der Waals surface area contributed by atoms with Crippen molar-refractivity contribution in [1.29, 1.82) is 0 Å². The van der Waals surface area contributed by atoms with Crippen molar-refractivity contribution in [2.45, 2.75) is 63.6 Å². The van der Waals surface area contributed by atoms with Crippen molar-refractivity contribution < 1.29 is 42.3 Å². The highest BCUT2D eigenvalue weighted by Crippen LogP contribution is 2.47. The second-order valence-electron chi connectivity index (χ2n) is 16.5. The van der Waals surface area contributed by atoms with Crippen molar-refractivity contribution in [3.63, 3.8) is 0 Å². The first-order valence-corrected chi connectivity index (χ1v) is 24.1. The third-order valence-corrected chi connectivity index (χ3v) is 14.9. The molecule has 3 aromatic carbocycles. The van der Waals surface area contributed by atoms with Crippen molar-refractivity contribution in [3.05, 3.63) is 83.0 Å². The summed E-state index contributed by atoms with van der Waals surface area (Å²) in [6, 6.07) is 18.0. The van der Waals surface area contributed by atoms with Crippen molar-refractivity contribution in [1.82, 2.24) is 30.0 Å². The Morgan fingerprint density at radius 2 is 1.65 bits per heavy atom. The predicted molar refractivity (Wildman–Crippen MR) is 250 cm³/mol. The molecule has 1 atom stereocenters. The molecule has 0 aliphatic carbocycles. The number of rotatable bonds is 17. The van der Waals surface area contributed by atoms with Gasteiger partial charge in [0.15, 0.2) is 5.82 Å². The molecule has 0 spiro atoms. The van der Waals surface area contributed by atoms with E-state index in [4.69, 9.17) is 30.1 Å². The van der Waals surface area contributed by atoms with E-state index in [0.29, 0.717) is 91.0 Å². The minimum atomic E-state index is -3.57. The second-order valence-corrected chi connectivity index (χ2v) is 19.1. The number of anilines is 5. The van der Waals surface area contributed by atoms with Gasteiger partial charge in [0.05, 0.1) is 43.1 Å². The molecule has 3 fully saturated rings. The van der Waals surface area contributed by atoms with Gasteiger partial charge in [0.1, 0.15) is 22.6 Å². The number of nitrogens with zero attached hydrogens (tertiary/aromatic N) is 6. The number of imide groups is 1. The molecule has 1 aromatic heterocycles. The van der Waals surface area contributed by atoms with Gasteiger partial charge in [-0.3, -0.25) is 34.0 Å². The van der Waals surface area contributed by atoms with Crippen molar-refractivity contribution in [3.8, 4) is 11.5 Å². The van der Waals surface area contributed by atoms with Crippen LogP contribution in [0, 0.1) is 0 Å². The van der Waals surface area contributed by atoms with Crippen LogP contribution in [0.2, 0.25) is 5.02 Å². The van der Waals surface area contributed by atoms with Crippen LogP contribution in [0.15, 0.2) is 66.9 Å². The molecule has 20 heteroatoms. The molecule has 1 unspecified atom stereocenters. The Labute approximate surface area is 388 Å². The molecule has 5 heterocycles. The number of para-hydroxylation sites is 1. The first-order valence-electron chi connectivity index (χ1n) is 22.2. The third kappa shape index (κ3) is 10.3. The van der Waals surface area contributed by atoms with Gasteiger partial charge < -0.3 is 43.9 Å². The maximum absolute atomic E-state index is 13.2. The minimum Gasteiger partial charge on any atom is -0.494 e. The van der Waals surface area contributed by atoms with E-state index in [2.05, 4.69) is 41.8 Å². The number of benzene rings is 3. The minimum absolute atomic E-state index is 0.158. The highest BCUT2D eigenvalue weighted by atomic mass is 35.5. The Hall–Kier alpha value is -5.78. The van der Waals surface area contributed by atoms with E-state index in [1.54, 1.807) is 43.5 Å². The number of fused-ring (bicyclic) bond motifs is 1. The number of piperazine rings is 1. The molecule has 0 bridgehead atoms. The second kappa shape index (κ2) is 20.8. The van der Waals surface area contributed by atoms with Gasteiger partial charge in [-0.25, -0.2) is 4.98 Å². The fourth-order valence-electron chi connectivity index (χ4n) is 9.07. The molecular weight excluding hydrogens is 889 g/mol. The van der Waals surface area contributed by atoms with Crippen LogP contribution in [0.1, 0.15) is 60.9 Å². The molecule has 350 valence electrons. The molecule has 3 N–H and O–H groups in total. The molecule has 0 radical (unpaired) electrons. The zero-order chi connectivity index (χ0) is 46.4. The number of aromatic nitrogens is 2. The summed E-state index contributed by atoms with van der Waals surface area (Å²) in [4.78, 5) is 67.8. The number of hydrogen-bond acceptors (Lipinski definition) is 15. The van der Waals surface area contributed by atoms with E-state index >= 15 is 0 Å². The van der Waals surface area contributed by atoms with Crippen molar-refractivity contribution >= 4 is 77.0 Å². The van der Waals surface area contributed by atoms with E-state index in [1.807, 2.05) is 23.1 Å². The molecule has 0 saturated carbocycles. The SMILES string of the molecule is COc1cc(N2CCC(N3CCN(C(=O)CCCCOc4cccc5c4CN(C4CCC(=O)NC4=O)C5=O)CC3)CC2)ccc1Nc1ncc(Cl)c(Nc2ccccc2P(=O)(OC)OC)n1. The van der Waals surface area contributed by atoms with Gasteiger partial charge in [-0.15, -0.1) is 0 Å². The van der Waals surface area contributed by atoms with E-state index in [1.165, 1.54) is 25.3 Å². The maximum Gasteiger partial charge on any atom is 0.362 e. The topological polar surface area (TPSA) is 197 Å². The summed E-state index contributed by atoms with van der Waals surface area (Å²) in [5.74, 6) is 0.962. The fourth-order valence-corrected chi connectivity index (χ4v) is 10.4. The smallest absolute Gasteiger partial charge is 0.362 e. The summed E-state index contributed by atoms with van der Waals surface area (Å²) in [5.41, 5.74) is 3.44. The van der Waals surface area contributed by atoms with Gasteiger partial charge >= 0.3 is 7.60 Å². The lowest BCUT2D eigenvalue weighted by molar-refractivity contribution is -0.137. The van der Waals surface area contributed by atoms with Gasteiger partial charge in [0.2, 0.25) is 23.7 Å². The normalized spacial score (nSPS) is 18.3. The Morgan fingerprint density at radius 1 is 0.879 bits per heavy atom. The predicted octanol–water partition coefficient (Wildman–Crippen LogP) is 5.86. The summed E-state index contributed by atoms with van der Waals surface area (Å²) in [6.45, 7) is 5.54. The van der Waals surface area contributed by atoms with E-state index in [-0.39, 0.29) is 41.7 Å². The van der Waals surface area contributed by atoms with Gasteiger partial charge in [0, 0.05) is 95.3 Å². The van der Waals surface area contributed by atoms with Crippen LogP contribution >= 0.6 is 19.2 Å². The van der Waals surface area contributed by atoms with Gasteiger partial charge in [-0.2, -0.15) is 4.98 Å². The van der Waals surface area contributed by atoms with Crippen LogP contribution in [-0.2, 0) is 34.5 Å². The highest BCUT2D eigenvalue weighted by molar-refractivity contribution is 7.62. The van der Waals surface area contributed by atoms with Crippen LogP contribution in [0.25, 0.3) is 0 Å². The van der Waals surface area contributed by atoms with Crippen LogP contribution in [0.4, 0.5) is 28.8 Å². The average Bonchev–Trinajstić information content (AvgIpc) is 3.68. The molecule has 4 aliphatic heterocycles. The monoisotopic (exact) mass is 943 g/mol. The van der Waals surface area contributed by atoms with E-state index in [9.17, 15) is 23.7 Å². The van der Waals surface area contributed by atoms with Gasteiger partial charge in [0.25, 0.3) is 5.91 Å². The standard InChI is InChI=1S/C46H55ClN9O9P/c1-62-39-27-31(14-15-35(39)50-46-48-28-34(47)43(52-46)49-36-10-4-5-12-40(36)66(61,63-2)64-3)53-20-18-30(19-21-53)54-22-24-55(25-23-54)42(58)13-6-7-26-65-38-11-8-9-32-33(38)29-56(45(32)60)37-16-17-41(57)51-44(37)59/h4-5,8-12,14-15,27-28,30,37H,6-7,13,16-26,29H2,1-3H3,(H,51,57,59)(H2,48,49,50,52). The number of carbonyl (C=O) groups excluding carboxylic acids is 4. The molecule has 8 rings (SSSR count). The lowest BCUT2D eigenvalue weighted by atomic mass is 10.0. The number of halogens is 1. The van der Waals surface area contributed by atoms with Crippen LogP contribution in [-0.4, -0.2) is 128 Å². The Bertz CT molecular complexity index is 2490. The summed E-state index contributed by atoms with van der Waals surface area (Å²) in [7, 11) is 0.702. The molecule has 4 aromatic rings. The van der Waals surface area contributed by atoms with Crippen LogP contribution < -0.4 is 35.6 Å². The summed E-state index contributed by atoms with van der Waals surface area (Å²) in [5, 5.41) is 9.32. The quantitative estimate of drug-likeness (QED) is 0.0646. The molecule has 18 nitrogen and oxygen atoms in total. The number of nitrogens with one attached hydrogen (secondary N) is 3. The molecule has 4 aliphatic rings. The van der Waals surface area contributed by atoms with Crippen molar-refractivity contribution in [2.75, 3.05) is 82.7 Å². The molecule has 4 amide bonds. The Balaban J connectivity index is 0.765. The maximum atomic E-state index is 13.2. The number of ether oxygens (including phenoxy) is 2. The Morgan fingerprint density at radius 3 is 2.39 bits per heavy atom. The highest BCUT2D eigenvalue weighted by Gasteiger charge is 2.40. The largest absolute Gasteiger partial charge is 0.494 e. The number of unbranched alkanes of at least 4 members (excludes halogenated alkanes) is 1. The number of hydrogen-bond donors (Lipinski definition) is 3. The first kappa shape index (κ1) is 46.7. The van der Waals surface area contributed by atoms with Gasteiger partial charge in [-0.1, -0.05) is 29.8 Å². The number of piperidine rings is 2. The summed E-state index contributed by atoms with van der Waals surface area (Å²) < 4.78 is 35.5. The lowest BCUT2D eigenvalue weighted by Crippen LogP contribution is -2.54. The number of carbonyl (C=O) groups is 4. The zero-order valence-corrected chi connectivity index (χ0v) is 38.9. The van der Waals surface area contributed by atoms with E-state index < -0.39 is 19.5 Å². The van der Waals surface area contributed by atoms with Crippen LogP contribution in [0.5, 0.6) is 11.5 Å².